The molecule has 0 aliphatic carbocycles. The van der Waals surface area contributed by atoms with E-state index in [1.54, 1.807) is 6.20 Å². The largest absolute Gasteiger partial charge is 0.436 e. The number of nitrogens with zero attached hydrogens (tertiary/aromatic N) is 1. The summed E-state index contributed by atoms with van der Waals surface area (Å²) in [6.07, 6.45) is 1.71. The maximum absolute atomic E-state index is 5.74. The Bertz CT molecular complexity index is 624. The maximum atomic E-state index is 5.74. The van der Waals surface area contributed by atoms with Crippen LogP contribution in [0.1, 0.15) is 0 Å². The minimum atomic E-state index is 0.576. The van der Waals surface area contributed by atoms with Crippen LogP contribution in [-0.4, -0.2) is 4.98 Å². The Kier molecular flexibility index (Phi) is 2.68. The lowest BCUT2D eigenvalue weighted by molar-refractivity contribution is 0.589. The van der Waals surface area contributed by atoms with E-state index in [-0.39, 0.29) is 0 Å². The maximum Gasteiger partial charge on any atom is 0.226 e. The first-order valence-corrected chi connectivity index (χ1v) is 5.90. The molecule has 4 N–H and O–H groups in total. The fraction of sp³-hybridized carbons (Fsp3) is 0. The topological polar surface area (TPSA) is 78.1 Å². The summed E-state index contributed by atoms with van der Waals surface area (Å²) in [6.45, 7) is 0. The average molecular weight is 251 g/mol. The van der Waals surface area contributed by atoms with Crippen molar-refractivity contribution in [1.82, 2.24) is 4.98 Å². The van der Waals surface area contributed by atoms with E-state index in [4.69, 9.17) is 15.9 Å². The van der Waals surface area contributed by atoms with Gasteiger partial charge in [-0.1, -0.05) is 0 Å². The standard InChI is InChI=1S/C15H13N3O/c16-12-5-1-10(2-6-12)14-9-18-15(19-14)11-3-7-13(17)8-4-11/h1-9H,16-17H2. The van der Waals surface area contributed by atoms with Gasteiger partial charge in [0.15, 0.2) is 5.76 Å². The Hall–Kier alpha value is -2.75. The van der Waals surface area contributed by atoms with Crippen LogP contribution in [0.2, 0.25) is 0 Å². The van der Waals surface area contributed by atoms with Gasteiger partial charge in [0.05, 0.1) is 6.20 Å². The molecule has 4 nitrogen and oxygen atoms in total. The van der Waals surface area contributed by atoms with E-state index in [0.717, 1.165) is 16.8 Å². The molecule has 4 heteroatoms. The molecule has 0 unspecified atom stereocenters. The van der Waals surface area contributed by atoms with E-state index < -0.39 is 0 Å². The summed E-state index contributed by atoms with van der Waals surface area (Å²) in [5.74, 6) is 1.29. The number of aromatic nitrogens is 1. The van der Waals surface area contributed by atoms with Crippen LogP contribution in [0, 0.1) is 0 Å². The van der Waals surface area contributed by atoms with Crippen LogP contribution >= 0.6 is 0 Å². The molecule has 0 fully saturated rings. The van der Waals surface area contributed by atoms with Gasteiger partial charge in [-0.05, 0) is 48.5 Å². The molecular formula is C15H13N3O. The molecule has 0 aliphatic heterocycles. The molecule has 1 aromatic heterocycles. The van der Waals surface area contributed by atoms with E-state index >= 15 is 0 Å². The highest BCUT2D eigenvalue weighted by Crippen LogP contribution is 2.26. The van der Waals surface area contributed by atoms with Crippen molar-refractivity contribution in [2.24, 2.45) is 0 Å². The summed E-state index contributed by atoms with van der Waals surface area (Å²) < 4.78 is 5.74. The molecule has 3 aromatic rings. The molecule has 0 bridgehead atoms. The van der Waals surface area contributed by atoms with Crippen LogP contribution in [-0.2, 0) is 0 Å². The molecular weight excluding hydrogens is 238 g/mol. The molecule has 0 spiro atoms. The van der Waals surface area contributed by atoms with E-state index in [2.05, 4.69) is 4.98 Å². The van der Waals surface area contributed by atoms with Crippen LogP contribution in [0.25, 0.3) is 22.8 Å². The molecule has 0 saturated heterocycles. The Morgan fingerprint density at radius 1 is 0.737 bits per heavy atom. The lowest BCUT2D eigenvalue weighted by Gasteiger charge is -1.98. The molecule has 2 aromatic carbocycles. The predicted octanol–water partition coefficient (Wildman–Crippen LogP) is 3.17. The molecule has 1 heterocycles. The molecule has 0 saturated carbocycles. The highest BCUT2D eigenvalue weighted by atomic mass is 16.4. The van der Waals surface area contributed by atoms with Gasteiger partial charge >= 0.3 is 0 Å². The highest BCUT2D eigenvalue weighted by molar-refractivity contribution is 5.63. The lowest BCUT2D eigenvalue weighted by atomic mass is 10.2. The van der Waals surface area contributed by atoms with Crippen molar-refractivity contribution in [3.05, 3.63) is 54.7 Å². The van der Waals surface area contributed by atoms with E-state index in [1.165, 1.54) is 0 Å². The molecule has 0 amide bonds. The SMILES string of the molecule is Nc1ccc(-c2cnc(-c3ccc(N)cc3)o2)cc1. The van der Waals surface area contributed by atoms with Gasteiger partial charge in [-0.3, -0.25) is 0 Å². The van der Waals surface area contributed by atoms with E-state index in [1.807, 2.05) is 48.5 Å². The van der Waals surface area contributed by atoms with Crippen molar-refractivity contribution in [3.8, 4) is 22.8 Å². The van der Waals surface area contributed by atoms with E-state index in [0.29, 0.717) is 17.3 Å². The van der Waals surface area contributed by atoms with Gasteiger partial charge in [0.2, 0.25) is 5.89 Å². The van der Waals surface area contributed by atoms with Gasteiger partial charge in [0, 0.05) is 22.5 Å². The van der Waals surface area contributed by atoms with Gasteiger partial charge in [-0.15, -0.1) is 0 Å². The van der Waals surface area contributed by atoms with Gasteiger partial charge < -0.3 is 15.9 Å². The van der Waals surface area contributed by atoms with Crippen molar-refractivity contribution < 1.29 is 4.42 Å². The Labute approximate surface area is 110 Å². The summed E-state index contributed by atoms with van der Waals surface area (Å²) in [6, 6.07) is 14.9. The van der Waals surface area contributed by atoms with Crippen LogP contribution in [0.4, 0.5) is 11.4 Å². The third kappa shape index (κ3) is 2.28. The Balaban J connectivity index is 1.95. The number of anilines is 2. The summed E-state index contributed by atoms with van der Waals surface area (Å²) in [7, 11) is 0. The minimum absolute atomic E-state index is 0.576. The van der Waals surface area contributed by atoms with Gasteiger partial charge in [-0.25, -0.2) is 4.98 Å². The van der Waals surface area contributed by atoms with Crippen molar-refractivity contribution in [3.63, 3.8) is 0 Å². The molecule has 19 heavy (non-hydrogen) atoms. The van der Waals surface area contributed by atoms with Crippen LogP contribution in [0.3, 0.4) is 0 Å². The quantitative estimate of drug-likeness (QED) is 0.686. The van der Waals surface area contributed by atoms with Crippen molar-refractivity contribution >= 4 is 11.4 Å². The van der Waals surface area contributed by atoms with E-state index in [9.17, 15) is 0 Å². The predicted molar refractivity (Wildman–Crippen MR) is 76.2 cm³/mol. The number of nitrogens with two attached hydrogens (primary N) is 2. The number of nitrogen functional groups attached to an aromatic ring is 2. The summed E-state index contributed by atoms with van der Waals surface area (Å²) >= 11 is 0. The smallest absolute Gasteiger partial charge is 0.226 e. The molecule has 0 aliphatic rings. The van der Waals surface area contributed by atoms with Crippen LogP contribution in [0.15, 0.2) is 59.1 Å². The van der Waals surface area contributed by atoms with Gasteiger partial charge in [0.25, 0.3) is 0 Å². The summed E-state index contributed by atoms with van der Waals surface area (Å²) in [4.78, 5) is 4.28. The first-order chi connectivity index (χ1) is 9.22. The Morgan fingerprint density at radius 3 is 1.84 bits per heavy atom. The lowest BCUT2D eigenvalue weighted by Crippen LogP contribution is -1.83. The molecule has 94 valence electrons. The van der Waals surface area contributed by atoms with Crippen molar-refractivity contribution in [1.29, 1.82) is 0 Å². The zero-order valence-electron chi connectivity index (χ0n) is 10.2. The third-order valence-electron chi connectivity index (χ3n) is 2.86. The molecule has 0 radical (unpaired) electrons. The van der Waals surface area contributed by atoms with Crippen LogP contribution < -0.4 is 11.5 Å². The number of hydrogen-bond donors (Lipinski definition) is 2. The second-order valence-corrected chi connectivity index (χ2v) is 4.27. The van der Waals surface area contributed by atoms with Crippen molar-refractivity contribution in [2.45, 2.75) is 0 Å². The monoisotopic (exact) mass is 251 g/mol. The first kappa shape index (κ1) is 11.3. The molecule has 0 atom stereocenters. The summed E-state index contributed by atoms with van der Waals surface area (Å²) in [5.41, 5.74) is 14.6. The fourth-order valence-electron chi connectivity index (χ4n) is 1.81. The number of rotatable bonds is 2. The number of hydrogen-bond acceptors (Lipinski definition) is 4. The number of benzene rings is 2. The fourth-order valence-corrected chi connectivity index (χ4v) is 1.81. The first-order valence-electron chi connectivity index (χ1n) is 5.90. The normalized spacial score (nSPS) is 10.5. The van der Waals surface area contributed by atoms with Gasteiger partial charge in [-0.2, -0.15) is 0 Å². The zero-order chi connectivity index (χ0) is 13.2. The minimum Gasteiger partial charge on any atom is -0.436 e. The number of oxazole rings is 1. The Morgan fingerprint density at radius 2 is 1.26 bits per heavy atom. The van der Waals surface area contributed by atoms with Crippen molar-refractivity contribution in [2.75, 3.05) is 11.5 Å². The third-order valence-corrected chi connectivity index (χ3v) is 2.86. The second-order valence-electron chi connectivity index (χ2n) is 4.27. The zero-order valence-corrected chi connectivity index (χ0v) is 10.2. The summed E-state index contributed by atoms with van der Waals surface area (Å²) in [5, 5.41) is 0. The highest BCUT2D eigenvalue weighted by Gasteiger charge is 2.08. The van der Waals surface area contributed by atoms with Gasteiger partial charge in [0.1, 0.15) is 0 Å². The average Bonchev–Trinajstić information content (AvgIpc) is 2.90. The second kappa shape index (κ2) is 4.49. The van der Waals surface area contributed by atoms with Crippen LogP contribution in [0.5, 0.6) is 0 Å². The molecule has 3 rings (SSSR count).